The molecular formula is C34H34BrFN2O3. The van der Waals surface area contributed by atoms with Gasteiger partial charge in [-0.1, -0.05) is 92.1 Å². The van der Waals surface area contributed by atoms with Gasteiger partial charge in [0, 0.05) is 19.0 Å². The average molecular weight is 618 g/mol. The van der Waals surface area contributed by atoms with Crippen LogP contribution in [0.15, 0.2) is 95.5 Å². The summed E-state index contributed by atoms with van der Waals surface area (Å²) in [6.07, 6.45) is 5.58. The van der Waals surface area contributed by atoms with Crippen molar-refractivity contribution in [2.45, 2.75) is 57.2 Å². The maximum absolute atomic E-state index is 13.9. The molecule has 0 aromatic heterocycles. The Balaban J connectivity index is 1.42. The van der Waals surface area contributed by atoms with Gasteiger partial charge in [-0.15, -0.1) is 0 Å². The van der Waals surface area contributed by atoms with E-state index < -0.39 is 6.04 Å². The summed E-state index contributed by atoms with van der Waals surface area (Å²) in [5.41, 5.74) is 1.68. The predicted molar refractivity (Wildman–Crippen MR) is 163 cm³/mol. The van der Waals surface area contributed by atoms with Crippen molar-refractivity contribution >= 4 is 38.5 Å². The highest BCUT2D eigenvalue weighted by molar-refractivity contribution is 9.10. The number of nitrogens with zero attached hydrogens (tertiary/aromatic N) is 1. The van der Waals surface area contributed by atoms with Crippen LogP contribution in [-0.4, -0.2) is 35.4 Å². The van der Waals surface area contributed by atoms with Gasteiger partial charge in [0.1, 0.15) is 17.6 Å². The minimum atomic E-state index is -0.763. The van der Waals surface area contributed by atoms with Gasteiger partial charge in [0.25, 0.3) is 5.91 Å². The molecule has 1 N–H and O–H groups in total. The zero-order valence-electron chi connectivity index (χ0n) is 22.9. The van der Waals surface area contributed by atoms with Crippen molar-refractivity contribution in [2.75, 3.05) is 6.61 Å². The zero-order valence-corrected chi connectivity index (χ0v) is 24.5. The van der Waals surface area contributed by atoms with Crippen LogP contribution in [0.1, 0.15) is 43.2 Å². The molecule has 5 rings (SSSR count). The molecule has 1 atom stereocenters. The lowest BCUT2D eigenvalue weighted by atomic mass is 9.94. The number of hydrogen-bond acceptors (Lipinski definition) is 3. The molecule has 0 heterocycles. The first-order valence-corrected chi connectivity index (χ1v) is 15.0. The van der Waals surface area contributed by atoms with Crippen molar-refractivity contribution in [3.8, 4) is 5.75 Å². The number of rotatable bonds is 10. The summed E-state index contributed by atoms with van der Waals surface area (Å²) in [4.78, 5) is 29.4. The number of benzene rings is 4. The molecule has 0 spiro atoms. The molecule has 0 radical (unpaired) electrons. The molecule has 1 saturated carbocycles. The van der Waals surface area contributed by atoms with Crippen molar-refractivity contribution in [1.29, 1.82) is 0 Å². The van der Waals surface area contributed by atoms with E-state index in [4.69, 9.17) is 4.74 Å². The topological polar surface area (TPSA) is 58.6 Å². The van der Waals surface area contributed by atoms with Crippen LogP contribution in [0, 0.1) is 5.82 Å². The van der Waals surface area contributed by atoms with Crippen molar-refractivity contribution in [2.24, 2.45) is 0 Å². The van der Waals surface area contributed by atoms with Gasteiger partial charge in [0.15, 0.2) is 6.61 Å². The molecular weight excluding hydrogens is 583 g/mol. The number of carbonyl (C=O) groups is 2. The third kappa shape index (κ3) is 7.53. The Morgan fingerprint density at radius 2 is 1.59 bits per heavy atom. The number of halogens is 2. The molecule has 0 unspecified atom stereocenters. The van der Waals surface area contributed by atoms with Crippen LogP contribution in [0.25, 0.3) is 10.8 Å². The van der Waals surface area contributed by atoms with Gasteiger partial charge in [-0.3, -0.25) is 9.59 Å². The van der Waals surface area contributed by atoms with Crippen LogP contribution in [0.4, 0.5) is 4.39 Å². The molecule has 4 aromatic rings. The molecule has 41 heavy (non-hydrogen) atoms. The van der Waals surface area contributed by atoms with E-state index in [2.05, 4.69) is 21.2 Å². The van der Waals surface area contributed by atoms with Crippen molar-refractivity contribution in [1.82, 2.24) is 10.2 Å². The number of carbonyl (C=O) groups excluding carboxylic acids is 2. The highest BCUT2D eigenvalue weighted by Crippen LogP contribution is 2.33. The Bertz CT molecular complexity index is 1470. The van der Waals surface area contributed by atoms with E-state index in [1.807, 2.05) is 66.7 Å². The Morgan fingerprint density at radius 3 is 2.34 bits per heavy atom. The number of ether oxygens (including phenoxy) is 1. The molecule has 1 aliphatic carbocycles. The molecule has 2 amide bonds. The third-order valence-corrected chi connectivity index (χ3v) is 8.49. The normalized spacial score (nSPS) is 14.4. The van der Waals surface area contributed by atoms with Crippen molar-refractivity contribution in [3.63, 3.8) is 0 Å². The van der Waals surface area contributed by atoms with Crippen LogP contribution < -0.4 is 10.1 Å². The predicted octanol–water partition coefficient (Wildman–Crippen LogP) is 7.21. The van der Waals surface area contributed by atoms with Crippen molar-refractivity contribution in [3.05, 3.63) is 112 Å². The summed E-state index contributed by atoms with van der Waals surface area (Å²) in [6.45, 7) is -0.100. The average Bonchev–Trinajstić information content (AvgIpc) is 3.00. The summed E-state index contributed by atoms with van der Waals surface area (Å²) >= 11 is 3.63. The smallest absolute Gasteiger partial charge is 0.261 e. The lowest BCUT2D eigenvalue weighted by molar-refractivity contribution is -0.143. The van der Waals surface area contributed by atoms with Gasteiger partial charge in [0.05, 0.1) is 4.47 Å². The fourth-order valence-corrected chi connectivity index (χ4v) is 6.04. The summed E-state index contributed by atoms with van der Waals surface area (Å²) in [7, 11) is 0. The summed E-state index contributed by atoms with van der Waals surface area (Å²) in [6, 6.07) is 26.8. The monoisotopic (exact) mass is 616 g/mol. The number of amides is 2. The van der Waals surface area contributed by atoms with Crippen molar-refractivity contribution < 1.29 is 18.7 Å². The zero-order chi connectivity index (χ0) is 28.6. The van der Waals surface area contributed by atoms with Crippen LogP contribution in [0.3, 0.4) is 0 Å². The fourth-order valence-electron chi connectivity index (χ4n) is 5.43. The highest BCUT2D eigenvalue weighted by Gasteiger charge is 2.32. The van der Waals surface area contributed by atoms with E-state index >= 15 is 0 Å². The standard InChI is InChI=1S/C34H34BrFN2O3/c35-33-29-14-8-7-11-26(29)17-20-31(33)41-23-32(39)38(22-25-15-18-27(36)19-16-25)30(21-24-9-3-1-4-10-24)34(40)37-28-12-5-2-6-13-28/h1,3-4,7-11,14-20,28,30H,2,5-6,12-13,21-23H2,(H,37,40)/t30-/m1/s1. The number of hydrogen-bond donors (Lipinski definition) is 1. The molecule has 7 heteroatoms. The first-order valence-electron chi connectivity index (χ1n) is 14.2. The SMILES string of the molecule is O=C(NC1CCCCC1)[C@@H](Cc1ccccc1)N(Cc1ccc(F)cc1)C(=O)COc1ccc2ccccc2c1Br. The highest BCUT2D eigenvalue weighted by atomic mass is 79.9. The molecule has 1 fully saturated rings. The maximum Gasteiger partial charge on any atom is 0.261 e. The van der Waals surface area contributed by atoms with Gasteiger partial charge in [0.2, 0.25) is 5.91 Å². The second kappa shape index (κ2) is 13.8. The van der Waals surface area contributed by atoms with E-state index in [9.17, 15) is 14.0 Å². The lowest BCUT2D eigenvalue weighted by Gasteiger charge is -2.33. The minimum absolute atomic E-state index is 0.0992. The van der Waals surface area contributed by atoms with Gasteiger partial charge in [-0.2, -0.15) is 0 Å². The van der Waals surface area contributed by atoms with E-state index in [1.165, 1.54) is 18.6 Å². The molecule has 212 valence electrons. The maximum atomic E-state index is 13.9. The van der Waals surface area contributed by atoms with Gasteiger partial charge in [-0.25, -0.2) is 4.39 Å². The van der Waals surface area contributed by atoms with Gasteiger partial charge >= 0.3 is 0 Å². The molecule has 0 bridgehead atoms. The van der Waals surface area contributed by atoms with Crippen LogP contribution in [0.5, 0.6) is 5.75 Å². The Labute approximate surface area is 248 Å². The fraction of sp³-hybridized carbons (Fsp3) is 0.294. The summed E-state index contributed by atoms with van der Waals surface area (Å²) in [5, 5.41) is 5.27. The Hall–Kier alpha value is -3.71. The lowest BCUT2D eigenvalue weighted by Crippen LogP contribution is -2.53. The summed E-state index contributed by atoms with van der Waals surface area (Å²) in [5.74, 6) is -0.311. The largest absolute Gasteiger partial charge is 0.483 e. The van der Waals surface area contributed by atoms with Crippen LogP contribution in [0.2, 0.25) is 0 Å². The minimum Gasteiger partial charge on any atom is -0.483 e. The van der Waals surface area contributed by atoms with E-state index in [1.54, 1.807) is 17.0 Å². The van der Waals surface area contributed by atoms with E-state index in [0.29, 0.717) is 12.2 Å². The number of nitrogens with one attached hydrogen (secondary N) is 1. The molecule has 0 saturated heterocycles. The van der Waals surface area contributed by atoms with E-state index in [-0.39, 0.29) is 36.8 Å². The van der Waals surface area contributed by atoms with E-state index in [0.717, 1.165) is 52.1 Å². The second-order valence-electron chi connectivity index (χ2n) is 10.6. The van der Waals surface area contributed by atoms with Crippen LogP contribution in [-0.2, 0) is 22.6 Å². The van der Waals surface area contributed by atoms with Gasteiger partial charge in [-0.05, 0) is 68.9 Å². The Kier molecular flexibility index (Phi) is 9.67. The Morgan fingerprint density at radius 1 is 0.878 bits per heavy atom. The number of fused-ring (bicyclic) bond motifs is 1. The second-order valence-corrected chi connectivity index (χ2v) is 11.4. The molecule has 0 aliphatic heterocycles. The molecule has 4 aromatic carbocycles. The van der Waals surface area contributed by atoms with Gasteiger partial charge < -0.3 is 15.0 Å². The first-order chi connectivity index (χ1) is 20.0. The quantitative estimate of drug-likeness (QED) is 0.205. The third-order valence-electron chi connectivity index (χ3n) is 7.67. The molecule has 5 nitrogen and oxygen atoms in total. The van der Waals surface area contributed by atoms with Crippen LogP contribution >= 0.6 is 15.9 Å². The molecule has 1 aliphatic rings. The summed E-state index contributed by atoms with van der Waals surface area (Å²) < 4.78 is 20.5. The first kappa shape index (κ1) is 28.8.